The fourth-order valence-corrected chi connectivity index (χ4v) is 3.14. The molecule has 1 aromatic rings. The summed E-state index contributed by atoms with van der Waals surface area (Å²) >= 11 is 0. The molecule has 2 saturated heterocycles. The van der Waals surface area contributed by atoms with Crippen LogP contribution in [0, 0.1) is 0 Å². The van der Waals surface area contributed by atoms with E-state index in [1.807, 2.05) is 6.07 Å². The van der Waals surface area contributed by atoms with Gasteiger partial charge in [-0.3, -0.25) is 4.79 Å². The van der Waals surface area contributed by atoms with Gasteiger partial charge < -0.3 is 29.4 Å². The number of rotatable bonds is 4. The zero-order chi connectivity index (χ0) is 20.5. The molecule has 0 aliphatic carbocycles. The standard InChI is InChI=1S/C18H22F3NO6/c1-9(2)26-16-12(22-17(24)18(19,20)21)13(23)14-11(27-16)8-25-15(28-14)10-6-4-3-5-7-10/h3-7,9,11-16,23H,8H2,1-2H3,(H,22,24)/t11-,12-,13-,14+,15?,16-/m1/s1. The molecule has 2 heterocycles. The van der Waals surface area contributed by atoms with Gasteiger partial charge in [0.2, 0.25) is 0 Å². The summed E-state index contributed by atoms with van der Waals surface area (Å²) in [4.78, 5) is 11.4. The molecule has 6 atom stereocenters. The van der Waals surface area contributed by atoms with Gasteiger partial charge in [0.05, 0.1) is 12.7 Å². The summed E-state index contributed by atoms with van der Waals surface area (Å²) in [7, 11) is 0. The lowest BCUT2D eigenvalue weighted by atomic mass is 9.95. The van der Waals surface area contributed by atoms with Crippen molar-refractivity contribution in [2.45, 2.75) is 63.1 Å². The highest BCUT2D eigenvalue weighted by molar-refractivity contribution is 5.82. The van der Waals surface area contributed by atoms with Crippen molar-refractivity contribution in [3.63, 3.8) is 0 Å². The van der Waals surface area contributed by atoms with Gasteiger partial charge in [0.25, 0.3) is 0 Å². The summed E-state index contributed by atoms with van der Waals surface area (Å²) in [6, 6.07) is 7.42. The average molecular weight is 405 g/mol. The van der Waals surface area contributed by atoms with Crippen molar-refractivity contribution in [2.24, 2.45) is 0 Å². The van der Waals surface area contributed by atoms with E-state index in [2.05, 4.69) is 0 Å². The van der Waals surface area contributed by atoms with Crippen molar-refractivity contribution < 1.29 is 42.0 Å². The van der Waals surface area contributed by atoms with Crippen LogP contribution in [0.2, 0.25) is 0 Å². The number of carbonyl (C=O) groups is 1. The summed E-state index contributed by atoms with van der Waals surface area (Å²) in [5.74, 6) is -2.19. The van der Waals surface area contributed by atoms with E-state index in [9.17, 15) is 23.1 Å². The SMILES string of the molecule is CC(C)O[C@@H]1O[C@@H]2COC(c3ccccc3)O[C@@H]2[C@H](O)[C@H]1NC(=O)C(F)(F)F. The highest BCUT2D eigenvalue weighted by Crippen LogP contribution is 2.35. The number of aliphatic hydroxyl groups excluding tert-OH is 1. The number of hydrogen-bond acceptors (Lipinski definition) is 6. The van der Waals surface area contributed by atoms with Crippen LogP contribution in [0.5, 0.6) is 0 Å². The van der Waals surface area contributed by atoms with Crippen molar-refractivity contribution >= 4 is 5.91 Å². The second kappa shape index (κ2) is 8.34. The lowest BCUT2D eigenvalue weighted by Crippen LogP contribution is -2.67. The maximum atomic E-state index is 12.7. The van der Waals surface area contributed by atoms with Gasteiger partial charge in [0.1, 0.15) is 24.4 Å². The molecule has 1 amide bonds. The molecular weight excluding hydrogens is 383 g/mol. The first-order chi connectivity index (χ1) is 13.2. The number of halogens is 3. The molecule has 0 saturated carbocycles. The normalized spacial score (nSPS) is 33.4. The largest absolute Gasteiger partial charge is 0.471 e. The fraction of sp³-hybridized carbons (Fsp3) is 0.611. The van der Waals surface area contributed by atoms with Crippen LogP contribution in [-0.4, -0.2) is 60.5 Å². The maximum absolute atomic E-state index is 12.7. The second-order valence-electron chi connectivity index (χ2n) is 6.89. The molecular formula is C18H22F3NO6. The van der Waals surface area contributed by atoms with Gasteiger partial charge in [-0.25, -0.2) is 0 Å². The number of hydrogen-bond donors (Lipinski definition) is 2. The van der Waals surface area contributed by atoms with Crippen LogP contribution < -0.4 is 5.32 Å². The minimum Gasteiger partial charge on any atom is -0.388 e. The number of carbonyl (C=O) groups excluding carboxylic acids is 1. The van der Waals surface area contributed by atoms with E-state index in [0.717, 1.165) is 0 Å². The molecule has 1 unspecified atom stereocenters. The number of ether oxygens (including phenoxy) is 4. The quantitative estimate of drug-likeness (QED) is 0.793. The third-order valence-corrected chi connectivity index (χ3v) is 4.40. The van der Waals surface area contributed by atoms with Crippen molar-refractivity contribution in [3.8, 4) is 0 Å². The van der Waals surface area contributed by atoms with Crippen LogP contribution in [0.25, 0.3) is 0 Å². The van der Waals surface area contributed by atoms with E-state index < -0.39 is 55.1 Å². The Bertz CT molecular complexity index is 671. The summed E-state index contributed by atoms with van der Waals surface area (Å²) in [5, 5.41) is 12.5. The number of alkyl halides is 3. The van der Waals surface area contributed by atoms with Crippen LogP contribution >= 0.6 is 0 Å². The van der Waals surface area contributed by atoms with Gasteiger partial charge in [0, 0.05) is 5.56 Å². The number of benzene rings is 1. The van der Waals surface area contributed by atoms with Gasteiger partial charge in [0.15, 0.2) is 12.6 Å². The summed E-state index contributed by atoms with van der Waals surface area (Å²) in [6.45, 7) is 3.35. The average Bonchev–Trinajstić information content (AvgIpc) is 2.64. The van der Waals surface area contributed by atoms with Crippen molar-refractivity contribution in [3.05, 3.63) is 35.9 Å². The van der Waals surface area contributed by atoms with E-state index in [4.69, 9.17) is 18.9 Å². The molecule has 2 aliphatic rings. The maximum Gasteiger partial charge on any atom is 0.471 e. The molecule has 2 fully saturated rings. The van der Waals surface area contributed by atoms with E-state index in [1.165, 1.54) is 0 Å². The molecule has 2 aliphatic heterocycles. The summed E-state index contributed by atoms with van der Waals surface area (Å²) in [5.41, 5.74) is 0.685. The molecule has 0 aromatic heterocycles. The molecule has 0 radical (unpaired) electrons. The predicted octanol–water partition coefficient (Wildman–Crippen LogP) is 1.66. The first kappa shape index (κ1) is 21.0. The lowest BCUT2D eigenvalue weighted by molar-refractivity contribution is -0.348. The van der Waals surface area contributed by atoms with E-state index in [0.29, 0.717) is 5.56 Å². The zero-order valence-corrected chi connectivity index (χ0v) is 15.3. The minimum atomic E-state index is -5.11. The molecule has 3 rings (SSSR count). The van der Waals surface area contributed by atoms with E-state index in [-0.39, 0.29) is 6.61 Å². The minimum absolute atomic E-state index is 0.0409. The molecule has 156 valence electrons. The molecule has 28 heavy (non-hydrogen) atoms. The monoisotopic (exact) mass is 405 g/mol. The van der Waals surface area contributed by atoms with Gasteiger partial charge in [-0.2, -0.15) is 13.2 Å². The van der Waals surface area contributed by atoms with Crippen LogP contribution in [0.1, 0.15) is 25.7 Å². The highest BCUT2D eigenvalue weighted by atomic mass is 19.4. The van der Waals surface area contributed by atoms with Gasteiger partial charge in [-0.15, -0.1) is 0 Å². The highest BCUT2D eigenvalue weighted by Gasteiger charge is 2.52. The Morgan fingerprint density at radius 3 is 2.54 bits per heavy atom. The summed E-state index contributed by atoms with van der Waals surface area (Å²) in [6.07, 6.45) is -10.9. The Morgan fingerprint density at radius 2 is 1.93 bits per heavy atom. The topological polar surface area (TPSA) is 86.2 Å². The zero-order valence-electron chi connectivity index (χ0n) is 15.3. The fourth-order valence-electron chi connectivity index (χ4n) is 3.14. The van der Waals surface area contributed by atoms with Gasteiger partial charge in [-0.05, 0) is 13.8 Å². The number of fused-ring (bicyclic) bond motifs is 1. The number of nitrogens with one attached hydrogen (secondary N) is 1. The molecule has 1 aromatic carbocycles. The summed E-state index contributed by atoms with van der Waals surface area (Å²) < 4.78 is 60.7. The van der Waals surface area contributed by atoms with Crippen LogP contribution in [0.15, 0.2) is 30.3 Å². The first-order valence-electron chi connectivity index (χ1n) is 8.85. The number of amides is 1. The lowest BCUT2D eigenvalue weighted by Gasteiger charge is -2.48. The van der Waals surface area contributed by atoms with Crippen molar-refractivity contribution in [2.75, 3.05) is 6.61 Å². The second-order valence-corrected chi connectivity index (χ2v) is 6.89. The third kappa shape index (κ3) is 4.64. The third-order valence-electron chi connectivity index (χ3n) is 4.40. The van der Waals surface area contributed by atoms with E-state index in [1.54, 1.807) is 43.4 Å². The van der Waals surface area contributed by atoms with Gasteiger partial charge >= 0.3 is 12.1 Å². The van der Waals surface area contributed by atoms with Crippen molar-refractivity contribution in [1.82, 2.24) is 5.32 Å². The molecule has 7 nitrogen and oxygen atoms in total. The van der Waals surface area contributed by atoms with E-state index >= 15 is 0 Å². The van der Waals surface area contributed by atoms with Crippen LogP contribution in [-0.2, 0) is 23.7 Å². The Labute approximate surface area is 159 Å². The molecule has 0 spiro atoms. The Morgan fingerprint density at radius 1 is 1.25 bits per heavy atom. The Balaban J connectivity index is 1.79. The number of aliphatic hydroxyl groups is 1. The Kier molecular flexibility index (Phi) is 6.25. The van der Waals surface area contributed by atoms with Crippen LogP contribution in [0.3, 0.4) is 0 Å². The van der Waals surface area contributed by atoms with Gasteiger partial charge in [-0.1, -0.05) is 30.3 Å². The van der Waals surface area contributed by atoms with Crippen molar-refractivity contribution in [1.29, 1.82) is 0 Å². The predicted molar refractivity (Wildman–Crippen MR) is 88.9 cm³/mol. The molecule has 2 N–H and O–H groups in total. The smallest absolute Gasteiger partial charge is 0.388 e. The first-order valence-corrected chi connectivity index (χ1v) is 8.85. The van der Waals surface area contributed by atoms with Crippen LogP contribution in [0.4, 0.5) is 13.2 Å². The Hall–Kier alpha value is -1.72. The molecule has 10 heteroatoms. The molecule has 0 bridgehead atoms.